The highest BCUT2D eigenvalue weighted by molar-refractivity contribution is 8.76. The first-order valence-electron chi connectivity index (χ1n) is 20.3. The number of allylic oxidation sites excluding steroid dienone is 2. The summed E-state index contributed by atoms with van der Waals surface area (Å²) in [6, 6.07) is 10.5. The Morgan fingerprint density at radius 3 is 1.77 bits per heavy atom. The van der Waals surface area contributed by atoms with Gasteiger partial charge in [0.15, 0.2) is 23.0 Å². The Balaban J connectivity index is 1.11. The van der Waals surface area contributed by atoms with Gasteiger partial charge in [0, 0.05) is 68.6 Å². The molecule has 318 valence electrons. The van der Waals surface area contributed by atoms with Crippen molar-refractivity contribution in [2.75, 3.05) is 66.1 Å². The highest BCUT2D eigenvalue weighted by Gasteiger charge is 2.36. The molecular formula is C45H54N6O7S2. The minimum absolute atomic E-state index is 0.0759. The van der Waals surface area contributed by atoms with Crippen molar-refractivity contribution in [3.05, 3.63) is 82.2 Å². The highest BCUT2D eigenvalue weighted by Crippen LogP contribution is 2.41. The van der Waals surface area contributed by atoms with Crippen LogP contribution in [0.2, 0.25) is 0 Å². The standard InChI is InChI=1S/C45H54N6O7S2/c1-8-29-12-33-20-46-38-18-42(40(54-5)16-36(38)44(52)50(33)23-29)57-25-31-14-35(56-11-10-49(4)22-28(3)27-60-59-7)15-32(48-31)26-58-43-19-39-37(17-41(43)55-6)45(53)51-24-30(9-2)13-34(51)21-47-39/h8-9,14-21,28,33-34H,10-13,22-27H2,1-7H3/t28?,33-,34-/m0/s1. The largest absolute Gasteiger partial charge is 0.493 e. The second-order valence-electron chi connectivity index (χ2n) is 15.4. The fourth-order valence-corrected chi connectivity index (χ4v) is 9.44. The Bertz CT molecular complexity index is 2070. The van der Waals surface area contributed by atoms with Crippen molar-refractivity contribution in [3.63, 3.8) is 0 Å². The third-order valence-corrected chi connectivity index (χ3v) is 13.2. The summed E-state index contributed by atoms with van der Waals surface area (Å²) in [5.74, 6) is 3.80. The maximum absolute atomic E-state index is 13.7. The summed E-state index contributed by atoms with van der Waals surface area (Å²) < 4.78 is 30.5. The maximum Gasteiger partial charge on any atom is 0.257 e. The average Bonchev–Trinajstić information content (AvgIpc) is 3.82. The predicted octanol–water partition coefficient (Wildman–Crippen LogP) is 7.97. The summed E-state index contributed by atoms with van der Waals surface area (Å²) in [4.78, 5) is 47.6. The van der Waals surface area contributed by atoms with Crippen LogP contribution in [0, 0.1) is 5.92 Å². The van der Waals surface area contributed by atoms with E-state index in [0.29, 0.717) is 88.3 Å². The minimum atomic E-state index is -0.0909. The van der Waals surface area contributed by atoms with Crippen LogP contribution >= 0.6 is 21.6 Å². The molecule has 2 saturated heterocycles. The maximum atomic E-state index is 13.7. The number of rotatable bonds is 17. The van der Waals surface area contributed by atoms with E-state index in [1.807, 2.05) is 59.0 Å². The lowest BCUT2D eigenvalue weighted by Crippen LogP contribution is -2.35. The van der Waals surface area contributed by atoms with Gasteiger partial charge in [-0.15, -0.1) is 0 Å². The van der Waals surface area contributed by atoms with Gasteiger partial charge in [0.2, 0.25) is 0 Å². The number of hydrogen-bond donors (Lipinski definition) is 0. The molecule has 0 aliphatic carbocycles. The van der Waals surface area contributed by atoms with E-state index in [1.54, 1.807) is 49.3 Å². The van der Waals surface area contributed by atoms with Crippen LogP contribution in [0.4, 0.5) is 11.4 Å². The van der Waals surface area contributed by atoms with E-state index < -0.39 is 0 Å². The van der Waals surface area contributed by atoms with Crippen LogP contribution in [0.5, 0.6) is 28.7 Å². The molecule has 2 fully saturated rings. The zero-order valence-corrected chi connectivity index (χ0v) is 37.1. The topological polar surface area (TPSA) is 128 Å². The SMILES string of the molecule is CC=C1C[C@H]2C=Nc3cc(OCc4cc(OCCN(C)CC(C)CSSC)cc(COc5cc6c(cc5OC)C(=O)N5CC(=CC)C[C@H]5C=N6)n4)c(OC)cc3C(=O)N2C1. The Kier molecular flexibility index (Phi) is 14.1. The molecule has 60 heavy (non-hydrogen) atoms. The minimum Gasteiger partial charge on any atom is -0.493 e. The van der Waals surface area contributed by atoms with Gasteiger partial charge in [0.05, 0.1) is 60.2 Å². The van der Waals surface area contributed by atoms with Gasteiger partial charge in [-0.25, -0.2) is 0 Å². The van der Waals surface area contributed by atoms with E-state index in [0.717, 1.165) is 31.7 Å². The number of aliphatic imine (C=N–C) groups is 2. The van der Waals surface area contributed by atoms with Crippen molar-refractivity contribution in [1.29, 1.82) is 0 Å². The summed E-state index contributed by atoms with van der Waals surface area (Å²) in [5.41, 5.74) is 5.63. The fourth-order valence-electron chi connectivity index (χ4n) is 7.86. The third kappa shape index (κ3) is 9.79. The first-order chi connectivity index (χ1) is 29.1. The first-order valence-corrected chi connectivity index (χ1v) is 23.0. The smallest absolute Gasteiger partial charge is 0.257 e. The van der Waals surface area contributed by atoms with Gasteiger partial charge < -0.3 is 38.4 Å². The normalized spacial score (nSPS) is 19.9. The number of carbonyl (C=O) groups is 2. The van der Waals surface area contributed by atoms with Crippen LogP contribution in [0.3, 0.4) is 0 Å². The molecule has 4 aliphatic heterocycles. The van der Waals surface area contributed by atoms with E-state index in [9.17, 15) is 9.59 Å². The Morgan fingerprint density at radius 2 is 1.30 bits per heavy atom. The van der Waals surface area contributed by atoms with E-state index in [-0.39, 0.29) is 37.1 Å². The van der Waals surface area contributed by atoms with Gasteiger partial charge in [-0.3, -0.25) is 24.6 Å². The van der Waals surface area contributed by atoms with Crippen LogP contribution < -0.4 is 23.7 Å². The number of amides is 2. The van der Waals surface area contributed by atoms with Crippen LogP contribution in [-0.2, 0) is 13.2 Å². The summed E-state index contributed by atoms with van der Waals surface area (Å²) >= 11 is 0. The molecule has 4 aliphatic rings. The van der Waals surface area contributed by atoms with Crippen molar-refractivity contribution in [2.24, 2.45) is 15.9 Å². The second-order valence-corrected chi connectivity index (χ2v) is 18.0. The van der Waals surface area contributed by atoms with Crippen LogP contribution in [0.15, 0.2) is 69.7 Å². The van der Waals surface area contributed by atoms with Gasteiger partial charge in [0.25, 0.3) is 11.8 Å². The van der Waals surface area contributed by atoms with Gasteiger partial charge >= 0.3 is 0 Å². The third-order valence-electron chi connectivity index (χ3n) is 11.1. The average molecular weight is 855 g/mol. The number of aromatic nitrogens is 1. The monoisotopic (exact) mass is 854 g/mol. The van der Waals surface area contributed by atoms with Crippen molar-refractivity contribution in [3.8, 4) is 28.7 Å². The number of carbonyl (C=O) groups excluding carboxylic acids is 2. The van der Waals surface area contributed by atoms with Crippen molar-refractivity contribution < 1.29 is 33.3 Å². The molecular weight excluding hydrogens is 801 g/mol. The van der Waals surface area contributed by atoms with Gasteiger partial charge in [-0.05, 0) is 58.0 Å². The second kappa shape index (κ2) is 19.6. The molecule has 3 atom stereocenters. The Hall–Kier alpha value is -4.99. The number of nitrogens with zero attached hydrogens (tertiary/aromatic N) is 6. The number of fused-ring (bicyclic) bond motifs is 4. The summed E-state index contributed by atoms with van der Waals surface area (Å²) in [6.07, 6.45) is 11.5. The number of hydrogen-bond acceptors (Lipinski definition) is 13. The molecule has 0 radical (unpaired) electrons. The van der Waals surface area contributed by atoms with Gasteiger partial charge in [-0.2, -0.15) is 0 Å². The zero-order valence-electron chi connectivity index (χ0n) is 35.4. The fraction of sp³-hybridized carbons (Fsp3) is 0.444. The molecule has 0 spiro atoms. The molecule has 3 aromatic rings. The molecule has 1 unspecified atom stereocenters. The molecule has 13 nitrogen and oxygen atoms in total. The molecule has 0 N–H and O–H groups in total. The summed E-state index contributed by atoms with van der Waals surface area (Å²) in [7, 11) is 8.89. The van der Waals surface area contributed by atoms with Gasteiger partial charge in [-0.1, -0.05) is 51.8 Å². The molecule has 5 heterocycles. The number of likely N-dealkylation sites (N-methyl/N-ethyl adjacent to an activating group) is 1. The molecule has 2 aromatic carbocycles. The lowest BCUT2D eigenvalue weighted by Gasteiger charge is -2.21. The lowest BCUT2D eigenvalue weighted by atomic mass is 10.1. The van der Waals surface area contributed by atoms with E-state index in [2.05, 4.69) is 37.3 Å². The Labute approximate surface area is 360 Å². The first kappa shape index (κ1) is 43.1. The van der Waals surface area contributed by atoms with Crippen LogP contribution in [-0.4, -0.2) is 122 Å². The molecule has 0 bridgehead atoms. The number of pyridine rings is 1. The molecule has 0 saturated carbocycles. The lowest BCUT2D eigenvalue weighted by molar-refractivity contribution is 0.0769. The predicted molar refractivity (Wildman–Crippen MR) is 240 cm³/mol. The van der Waals surface area contributed by atoms with Crippen molar-refractivity contribution in [2.45, 2.75) is 58.9 Å². The van der Waals surface area contributed by atoms with E-state index in [4.69, 9.17) is 38.7 Å². The Morgan fingerprint density at radius 1 is 0.783 bits per heavy atom. The number of benzene rings is 2. The van der Waals surface area contributed by atoms with Crippen LogP contribution in [0.1, 0.15) is 65.7 Å². The van der Waals surface area contributed by atoms with Crippen molar-refractivity contribution >= 4 is 57.2 Å². The summed E-state index contributed by atoms with van der Waals surface area (Å²) in [6.45, 7) is 9.76. The molecule has 15 heteroatoms. The highest BCUT2D eigenvalue weighted by atomic mass is 33.1. The summed E-state index contributed by atoms with van der Waals surface area (Å²) in [5, 5.41) is 0. The molecule has 2 amide bonds. The van der Waals surface area contributed by atoms with E-state index in [1.165, 1.54) is 11.1 Å². The van der Waals surface area contributed by atoms with Crippen LogP contribution in [0.25, 0.3) is 0 Å². The van der Waals surface area contributed by atoms with Crippen molar-refractivity contribution in [1.82, 2.24) is 19.7 Å². The number of methoxy groups -OCH3 is 2. The molecule has 1 aromatic heterocycles. The number of ether oxygens (including phenoxy) is 5. The van der Waals surface area contributed by atoms with Gasteiger partial charge in [0.1, 0.15) is 25.6 Å². The molecule has 7 rings (SSSR count). The van der Waals surface area contributed by atoms with E-state index >= 15 is 0 Å². The quantitative estimate of drug-likeness (QED) is 0.0970. The zero-order chi connectivity index (χ0) is 42.3.